The molecule has 0 bridgehead atoms. The standard InChI is InChI=1S/C9H17NO2S/c1-2-8(7-13)5-10-3-4-12-6-9(10)11/h8,13H,2-7H2,1H3. The van der Waals surface area contributed by atoms with Crippen molar-refractivity contribution in [1.29, 1.82) is 0 Å². The van der Waals surface area contributed by atoms with E-state index in [2.05, 4.69) is 19.6 Å². The first-order chi connectivity index (χ1) is 6.27. The molecule has 13 heavy (non-hydrogen) atoms. The van der Waals surface area contributed by atoms with E-state index in [1.807, 2.05) is 4.90 Å². The van der Waals surface area contributed by atoms with E-state index in [4.69, 9.17) is 4.74 Å². The van der Waals surface area contributed by atoms with Gasteiger partial charge in [0.25, 0.3) is 0 Å². The van der Waals surface area contributed by atoms with Crippen LogP contribution in [0.2, 0.25) is 0 Å². The van der Waals surface area contributed by atoms with Gasteiger partial charge in [-0.05, 0) is 11.7 Å². The van der Waals surface area contributed by atoms with Crippen LogP contribution in [0, 0.1) is 5.92 Å². The van der Waals surface area contributed by atoms with Crippen LogP contribution >= 0.6 is 12.6 Å². The molecule has 0 aromatic rings. The maximum atomic E-state index is 11.3. The Bertz CT molecular complexity index is 171. The fourth-order valence-electron chi connectivity index (χ4n) is 1.37. The van der Waals surface area contributed by atoms with Gasteiger partial charge in [0, 0.05) is 13.1 Å². The normalized spacial score (nSPS) is 20.5. The molecular formula is C9H17NO2S. The second kappa shape index (κ2) is 5.50. The topological polar surface area (TPSA) is 29.5 Å². The quantitative estimate of drug-likeness (QED) is 0.685. The Labute approximate surface area is 84.8 Å². The van der Waals surface area contributed by atoms with Crippen LogP contribution < -0.4 is 0 Å². The first-order valence-electron chi connectivity index (χ1n) is 4.74. The molecule has 3 nitrogen and oxygen atoms in total. The molecule has 76 valence electrons. The summed E-state index contributed by atoms with van der Waals surface area (Å²) in [5, 5.41) is 0. The fraction of sp³-hybridized carbons (Fsp3) is 0.889. The van der Waals surface area contributed by atoms with Crippen molar-refractivity contribution >= 4 is 18.5 Å². The minimum Gasteiger partial charge on any atom is -0.370 e. The third-order valence-electron chi connectivity index (χ3n) is 2.40. The summed E-state index contributed by atoms with van der Waals surface area (Å²) in [6.45, 7) is 4.63. The molecule has 0 spiro atoms. The van der Waals surface area contributed by atoms with Gasteiger partial charge in [0.05, 0.1) is 6.61 Å². The predicted octanol–water partition coefficient (Wildman–Crippen LogP) is 0.801. The van der Waals surface area contributed by atoms with E-state index in [1.54, 1.807) is 0 Å². The lowest BCUT2D eigenvalue weighted by atomic mass is 10.1. The highest BCUT2D eigenvalue weighted by Crippen LogP contribution is 2.09. The molecular weight excluding hydrogens is 186 g/mol. The second-order valence-corrected chi connectivity index (χ2v) is 3.71. The second-order valence-electron chi connectivity index (χ2n) is 3.35. The highest BCUT2D eigenvalue weighted by Gasteiger charge is 2.20. The summed E-state index contributed by atoms with van der Waals surface area (Å²) in [5.74, 6) is 1.48. The molecule has 0 radical (unpaired) electrons. The Kier molecular flexibility index (Phi) is 4.59. The van der Waals surface area contributed by atoms with Crippen molar-refractivity contribution in [2.45, 2.75) is 13.3 Å². The lowest BCUT2D eigenvalue weighted by Crippen LogP contribution is -2.44. The van der Waals surface area contributed by atoms with Gasteiger partial charge in [0.2, 0.25) is 5.91 Å². The van der Waals surface area contributed by atoms with Gasteiger partial charge in [-0.1, -0.05) is 13.3 Å². The number of ether oxygens (including phenoxy) is 1. The average molecular weight is 203 g/mol. The van der Waals surface area contributed by atoms with E-state index in [0.717, 1.165) is 25.3 Å². The lowest BCUT2D eigenvalue weighted by molar-refractivity contribution is -0.143. The predicted molar refractivity (Wildman–Crippen MR) is 55.0 cm³/mol. The van der Waals surface area contributed by atoms with Crippen LogP contribution in [0.3, 0.4) is 0 Å². The maximum absolute atomic E-state index is 11.3. The van der Waals surface area contributed by atoms with E-state index in [-0.39, 0.29) is 12.5 Å². The molecule has 1 aliphatic rings. The van der Waals surface area contributed by atoms with Crippen molar-refractivity contribution < 1.29 is 9.53 Å². The van der Waals surface area contributed by atoms with Crippen molar-refractivity contribution in [3.05, 3.63) is 0 Å². The van der Waals surface area contributed by atoms with Crippen LogP contribution in [-0.2, 0) is 9.53 Å². The van der Waals surface area contributed by atoms with E-state index >= 15 is 0 Å². The summed E-state index contributed by atoms with van der Waals surface area (Å²) in [4.78, 5) is 13.2. The summed E-state index contributed by atoms with van der Waals surface area (Å²) >= 11 is 4.26. The molecule has 1 aliphatic heterocycles. The van der Waals surface area contributed by atoms with Crippen LogP contribution in [0.1, 0.15) is 13.3 Å². The van der Waals surface area contributed by atoms with Gasteiger partial charge < -0.3 is 9.64 Å². The molecule has 1 atom stereocenters. The molecule has 0 aromatic carbocycles. The number of morpholine rings is 1. The van der Waals surface area contributed by atoms with Gasteiger partial charge in [-0.15, -0.1) is 0 Å². The molecule has 1 fully saturated rings. The summed E-state index contributed by atoms with van der Waals surface area (Å²) in [7, 11) is 0. The number of hydrogen-bond donors (Lipinski definition) is 1. The van der Waals surface area contributed by atoms with E-state index in [0.29, 0.717) is 12.5 Å². The largest absolute Gasteiger partial charge is 0.370 e. The van der Waals surface area contributed by atoms with E-state index in [1.165, 1.54) is 0 Å². The molecule has 0 aliphatic carbocycles. The highest BCUT2D eigenvalue weighted by molar-refractivity contribution is 7.80. The maximum Gasteiger partial charge on any atom is 0.248 e. The molecule has 1 heterocycles. The Hall–Kier alpha value is -0.220. The number of amides is 1. The molecule has 4 heteroatoms. The van der Waals surface area contributed by atoms with Crippen LogP contribution in [0.4, 0.5) is 0 Å². The van der Waals surface area contributed by atoms with Crippen LogP contribution in [0.25, 0.3) is 0 Å². The van der Waals surface area contributed by atoms with Crippen molar-refractivity contribution in [2.75, 3.05) is 32.1 Å². The molecule has 0 N–H and O–H groups in total. The Balaban J connectivity index is 2.36. The van der Waals surface area contributed by atoms with Crippen LogP contribution in [0.15, 0.2) is 0 Å². The SMILES string of the molecule is CCC(CS)CN1CCOCC1=O. The number of carbonyl (C=O) groups is 1. The Morgan fingerprint density at radius 3 is 3.00 bits per heavy atom. The van der Waals surface area contributed by atoms with Gasteiger partial charge in [-0.25, -0.2) is 0 Å². The van der Waals surface area contributed by atoms with E-state index in [9.17, 15) is 4.79 Å². The van der Waals surface area contributed by atoms with Gasteiger partial charge in [-0.2, -0.15) is 12.6 Å². The number of carbonyl (C=O) groups excluding carboxylic acids is 1. The van der Waals surface area contributed by atoms with Crippen molar-refractivity contribution in [2.24, 2.45) is 5.92 Å². The van der Waals surface area contributed by atoms with Crippen molar-refractivity contribution in [3.63, 3.8) is 0 Å². The number of thiol groups is 1. The molecule has 1 amide bonds. The minimum absolute atomic E-state index is 0.117. The molecule has 0 saturated carbocycles. The molecule has 0 aromatic heterocycles. The van der Waals surface area contributed by atoms with Gasteiger partial charge in [-0.3, -0.25) is 4.79 Å². The molecule has 1 saturated heterocycles. The summed E-state index contributed by atoms with van der Waals surface area (Å²) < 4.78 is 5.05. The smallest absolute Gasteiger partial charge is 0.248 e. The summed E-state index contributed by atoms with van der Waals surface area (Å²) in [6.07, 6.45) is 1.08. The number of hydrogen-bond acceptors (Lipinski definition) is 3. The third-order valence-corrected chi connectivity index (χ3v) is 2.91. The zero-order chi connectivity index (χ0) is 9.68. The molecule has 1 rings (SSSR count). The minimum atomic E-state index is 0.117. The Morgan fingerprint density at radius 2 is 2.46 bits per heavy atom. The van der Waals surface area contributed by atoms with Crippen molar-refractivity contribution in [1.82, 2.24) is 4.90 Å². The monoisotopic (exact) mass is 203 g/mol. The zero-order valence-electron chi connectivity index (χ0n) is 8.03. The zero-order valence-corrected chi connectivity index (χ0v) is 8.93. The first-order valence-corrected chi connectivity index (χ1v) is 5.37. The number of nitrogens with zero attached hydrogens (tertiary/aromatic N) is 1. The van der Waals surface area contributed by atoms with Crippen LogP contribution in [-0.4, -0.2) is 42.9 Å². The molecule has 1 unspecified atom stereocenters. The average Bonchev–Trinajstić information content (AvgIpc) is 2.17. The lowest BCUT2D eigenvalue weighted by Gasteiger charge is -2.29. The summed E-state index contributed by atoms with van der Waals surface area (Å²) in [5.41, 5.74) is 0. The highest BCUT2D eigenvalue weighted by atomic mass is 32.1. The third kappa shape index (κ3) is 3.19. The van der Waals surface area contributed by atoms with Crippen LogP contribution in [0.5, 0.6) is 0 Å². The van der Waals surface area contributed by atoms with Gasteiger partial charge >= 0.3 is 0 Å². The first kappa shape index (κ1) is 10.9. The summed E-state index contributed by atoms with van der Waals surface area (Å²) in [6, 6.07) is 0. The van der Waals surface area contributed by atoms with Gasteiger partial charge in [0.15, 0.2) is 0 Å². The van der Waals surface area contributed by atoms with E-state index < -0.39 is 0 Å². The van der Waals surface area contributed by atoms with Crippen molar-refractivity contribution in [3.8, 4) is 0 Å². The number of rotatable bonds is 4. The van der Waals surface area contributed by atoms with Gasteiger partial charge in [0.1, 0.15) is 6.61 Å². The fourth-order valence-corrected chi connectivity index (χ4v) is 1.74. The Morgan fingerprint density at radius 1 is 1.69 bits per heavy atom.